The van der Waals surface area contributed by atoms with Crippen molar-refractivity contribution in [2.75, 3.05) is 19.7 Å². The molecule has 1 heterocycles. The van der Waals surface area contributed by atoms with Crippen LogP contribution in [-0.4, -0.2) is 53.7 Å². The van der Waals surface area contributed by atoms with Gasteiger partial charge in [-0.15, -0.1) is 0 Å². The van der Waals surface area contributed by atoms with Gasteiger partial charge in [-0.3, -0.25) is 9.59 Å². The number of benzene rings is 2. The molecule has 7 heteroatoms. The number of carboxylic acid groups (broad SMARTS) is 1. The zero-order valence-corrected chi connectivity index (χ0v) is 19.5. The van der Waals surface area contributed by atoms with Crippen LogP contribution in [0.5, 0.6) is 0 Å². The number of hydrogen-bond donors (Lipinski definition) is 2. The number of rotatable bonds is 9. The van der Waals surface area contributed by atoms with E-state index in [2.05, 4.69) is 29.6 Å². The van der Waals surface area contributed by atoms with E-state index in [1.807, 2.05) is 36.1 Å². The second-order valence-corrected chi connectivity index (χ2v) is 9.33. The largest absolute Gasteiger partial charge is 0.481 e. The van der Waals surface area contributed by atoms with Crippen LogP contribution in [0.4, 0.5) is 4.79 Å². The third kappa shape index (κ3) is 5.41. The van der Waals surface area contributed by atoms with E-state index < -0.39 is 12.1 Å². The Labute approximate surface area is 200 Å². The molecule has 2 aromatic carbocycles. The maximum Gasteiger partial charge on any atom is 0.407 e. The van der Waals surface area contributed by atoms with E-state index >= 15 is 0 Å². The molecule has 0 radical (unpaired) electrons. The summed E-state index contributed by atoms with van der Waals surface area (Å²) in [6.45, 7) is 3.20. The van der Waals surface area contributed by atoms with Gasteiger partial charge in [0.05, 0.1) is 0 Å². The van der Waals surface area contributed by atoms with Gasteiger partial charge in [-0.25, -0.2) is 4.79 Å². The monoisotopic (exact) mass is 464 g/mol. The number of fused-ring (bicyclic) bond motifs is 3. The van der Waals surface area contributed by atoms with E-state index in [4.69, 9.17) is 9.84 Å². The first-order valence-corrected chi connectivity index (χ1v) is 12.0. The lowest BCUT2D eigenvalue weighted by molar-refractivity contribution is -0.139. The van der Waals surface area contributed by atoms with Gasteiger partial charge in [0.1, 0.15) is 6.61 Å². The summed E-state index contributed by atoms with van der Waals surface area (Å²) in [5.41, 5.74) is 4.70. The van der Waals surface area contributed by atoms with Crippen LogP contribution in [0.3, 0.4) is 0 Å². The van der Waals surface area contributed by atoms with Crippen LogP contribution in [0, 0.1) is 5.92 Å². The van der Waals surface area contributed by atoms with E-state index in [-0.39, 0.29) is 36.8 Å². The molecule has 1 fully saturated rings. The van der Waals surface area contributed by atoms with Crippen molar-refractivity contribution >= 4 is 18.0 Å². The minimum atomic E-state index is -0.833. The Balaban J connectivity index is 1.24. The molecule has 180 valence electrons. The predicted molar refractivity (Wildman–Crippen MR) is 128 cm³/mol. The van der Waals surface area contributed by atoms with Gasteiger partial charge in [-0.05, 0) is 47.4 Å². The van der Waals surface area contributed by atoms with Crippen LogP contribution in [0.1, 0.15) is 56.1 Å². The topological polar surface area (TPSA) is 95.9 Å². The zero-order chi connectivity index (χ0) is 24.1. The number of nitrogens with zero attached hydrogens (tertiary/aromatic N) is 1. The number of ether oxygens (including phenoxy) is 1. The smallest absolute Gasteiger partial charge is 0.407 e. The molecule has 4 rings (SSSR count). The van der Waals surface area contributed by atoms with Crippen molar-refractivity contribution in [2.24, 2.45) is 5.92 Å². The normalized spacial score (nSPS) is 17.7. The number of amides is 2. The Kier molecular flexibility index (Phi) is 7.50. The molecule has 7 nitrogen and oxygen atoms in total. The minimum absolute atomic E-state index is 0.00545. The van der Waals surface area contributed by atoms with Crippen molar-refractivity contribution in [1.82, 2.24) is 10.2 Å². The van der Waals surface area contributed by atoms with Crippen LogP contribution >= 0.6 is 0 Å². The van der Waals surface area contributed by atoms with Gasteiger partial charge in [0.2, 0.25) is 5.91 Å². The zero-order valence-electron chi connectivity index (χ0n) is 19.5. The van der Waals surface area contributed by atoms with Crippen LogP contribution in [0.25, 0.3) is 11.1 Å². The number of nitrogens with one attached hydrogen (secondary N) is 1. The van der Waals surface area contributed by atoms with Gasteiger partial charge in [0.15, 0.2) is 0 Å². The summed E-state index contributed by atoms with van der Waals surface area (Å²) >= 11 is 0. The first-order chi connectivity index (χ1) is 16.4. The molecule has 2 amide bonds. The van der Waals surface area contributed by atoms with Crippen molar-refractivity contribution in [3.8, 4) is 11.1 Å². The van der Waals surface area contributed by atoms with Crippen LogP contribution in [0.2, 0.25) is 0 Å². The minimum Gasteiger partial charge on any atom is -0.481 e. The second kappa shape index (κ2) is 10.7. The van der Waals surface area contributed by atoms with E-state index in [1.165, 1.54) is 22.3 Å². The number of carboxylic acids is 1. The fourth-order valence-electron chi connectivity index (χ4n) is 5.15. The van der Waals surface area contributed by atoms with Crippen LogP contribution < -0.4 is 5.32 Å². The Morgan fingerprint density at radius 2 is 1.74 bits per heavy atom. The number of hydrogen-bond acceptors (Lipinski definition) is 4. The third-order valence-corrected chi connectivity index (χ3v) is 6.85. The maximum atomic E-state index is 12.7. The van der Waals surface area contributed by atoms with Crippen molar-refractivity contribution < 1.29 is 24.2 Å². The molecule has 34 heavy (non-hydrogen) atoms. The molecule has 2 aliphatic rings. The van der Waals surface area contributed by atoms with Crippen molar-refractivity contribution in [2.45, 2.75) is 51.0 Å². The maximum absolute atomic E-state index is 12.7. The summed E-state index contributed by atoms with van der Waals surface area (Å²) < 4.78 is 5.57. The average Bonchev–Trinajstić information content (AvgIpc) is 3.43. The van der Waals surface area contributed by atoms with Crippen LogP contribution in [0.15, 0.2) is 48.5 Å². The molecule has 1 saturated heterocycles. The lowest BCUT2D eigenvalue weighted by Crippen LogP contribution is -2.38. The van der Waals surface area contributed by atoms with Gasteiger partial charge in [0.25, 0.3) is 0 Å². The number of carbonyl (C=O) groups excluding carboxylic acids is 2. The molecule has 1 aliphatic carbocycles. The fraction of sp³-hybridized carbons (Fsp3) is 0.444. The van der Waals surface area contributed by atoms with Gasteiger partial charge in [0, 0.05) is 37.9 Å². The summed E-state index contributed by atoms with van der Waals surface area (Å²) in [5.74, 6) is -0.849. The Morgan fingerprint density at radius 3 is 2.38 bits per heavy atom. The van der Waals surface area contributed by atoms with E-state index in [0.717, 1.165) is 12.8 Å². The summed E-state index contributed by atoms with van der Waals surface area (Å²) in [5, 5.41) is 11.7. The number of carbonyl (C=O) groups is 3. The molecule has 0 spiro atoms. The first-order valence-electron chi connectivity index (χ1n) is 12.0. The number of aliphatic carboxylic acids is 1. The highest BCUT2D eigenvalue weighted by Gasteiger charge is 2.30. The molecule has 2 atom stereocenters. The van der Waals surface area contributed by atoms with Crippen molar-refractivity contribution in [1.29, 1.82) is 0 Å². The van der Waals surface area contributed by atoms with E-state index in [9.17, 15) is 14.4 Å². The molecular weight excluding hydrogens is 432 g/mol. The second-order valence-electron chi connectivity index (χ2n) is 9.33. The molecule has 0 aromatic heterocycles. The summed E-state index contributed by atoms with van der Waals surface area (Å²) in [7, 11) is 0. The quantitative estimate of drug-likeness (QED) is 0.573. The molecule has 1 aliphatic heterocycles. The molecule has 2 N–H and O–H groups in total. The average molecular weight is 465 g/mol. The van der Waals surface area contributed by atoms with Gasteiger partial charge >= 0.3 is 12.1 Å². The molecule has 2 unspecified atom stereocenters. The fourth-order valence-corrected chi connectivity index (χ4v) is 5.15. The van der Waals surface area contributed by atoms with Gasteiger partial charge in [-0.1, -0.05) is 55.5 Å². The van der Waals surface area contributed by atoms with Crippen LogP contribution in [-0.2, 0) is 14.3 Å². The Bertz CT molecular complexity index is 1010. The standard InChI is InChI=1S/C27H32N2O5/c1-18(15-25(30)29-14-6-7-19(29)12-13-26(31)32)16-28-27(33)34-17-24-22-10-4-2-8-20(22)21-9-3-5-11-23(21)24/h2-5,8-11,18-19,24H,6-7,12-17H2,1H3,(H,28,33)(H,31,32). The lowest BCUT2D eigenvalue weighted by Gasteiger charge is -2.26. The third-order valence-electron chi connectivity index (χ3n) is 6.85. The van der Waals surface area contributed by atoms with Crippen molar-refractivity contribution in [3.05, 3.63) is 59.7 Å². The number of likely N-dealkylation sites (tertiary alicyclic amines) is 1. The summed E-state index contributed by atoms with van der Waals surface area (Å²) in [6.07, 6.45) is 2.16. The molecule has 0 saturated carbocycles. The Morgan fingerprint density at radius 1 is 1.09 bits per heavy atom. The van der Waals surface area contributed by atoms with E-state index in [1.54, 1.807) is 0 Å². The predicted octanol–water partition coefficient (Wildman–Crippen LogP) is 4.41. The van der Waals surface area contributed by atoms with E-state index in [0.29, 0.717) is 25.9 Å². The summed E-state index contributed by atoms with van der Waals surface area (Å²) in [6, 6.07) is 16.4. The van der Waals surface area contributed by atoms with Gasteiger partial charge < -0.3 is 20.1 Å². The molecule has 2 aromatic rings. The highest BCUT2D eigenvalue weighted by atomic mass is 16.5. The SMILES string of the molecule is CC(CNC(=O)OCC1c2ccccc2-c2ccccc21)CC(=O)N1CCCC1CCC(=O)O. The molecular formula is C27H32N2O5. The highest BCUT2D eigenvalue weighted by Crippen LogP contribution is 2.44. The Hall–Kier alpha value is -3.35. The first kappa shape index (κ1) is 23.8. The highest BCUT2D eigenvalue weighted by molar-refractivity contribution is 5.79. The number of alkyl carbamates (subject to hydrolysis) is 1. The lowest BCUT2D eigenvalue weighted by atomic mass is 9.98. The summed E-state index contributed by atoms with van der Waals surface area (Å²) in [4.78, 5) is 37.8. The van der Waals surface area contributed by atoms with Gasteiger partial charge in [-0.2, -0.15) is 0 Å². The molecule has 0 bridgehead atoms. The van der Waals surface area contributed by atoms with Crippen molar-refractivity contribution in [3.63, 3.8) is 0 Å².